The topological polar surface area (TPSA) is 135 Å². The molecule has 104 valence electrons. The number of hydrogen-bond donors (Lipinski definition) is 6. The maximum atomic E-state index is 9.61. The van der Waals surface area contributed by atoms with E-state index in [0.29, 0.717) is 11.0 Å². The summed E-state index contributed by atoms with van der Waals surface area (Å²) in [6, 6.07) is 0. The lowest BCUT2D eigenvalue weighted by Gasteiger charge is -2.17. The standard InChI is InChI=1S/C11H16N4O4/c16-2-1-7(17)10(18)13-4-6-3-12-9-8(6)14-5-15-11(9)19/h3,5,7,10,12-13,16-18H,1-2,4H2,(H,14,15,19). The first-order valence-corrected chi connectivity index (χ1v) is 5.83. The Hall–Kier alpha value is -1.74. The zero-order chi connectivity index (χ0) is 13.8. The van der Waals surface area contributed by atoms with Gasteiger partial charge in [0.1, 0.15) is 18.1 Å². The van der Waals surface area contributed by atoms with Crippen LogP contribution in [0, 0.1) is 0 Å². The highest BCUT2D eigenvalue weighted by molar-refractivity contribution is 5.82. The van der Waals surface area contributed by atoms with Crippen molar-refractivity contribution in [3.8, 4) is 5.88 Å². The monoisotopic (exact) mass is 268 g/mol. The minimum absolute atomic E-state index is 0.0883. The highest BCUT2D eigenvalue weighted by Gasteiger charge is 2.16. The second kappa shape index (κ2) is 5.93. The van der Waals surface area contributed by atoms with Crippen LogP contribution in [-0.2, 0) is 6.54 Å². The summed E-state index contributed by atoms with van der Waals surface area (Å²) < 4.78 is 0. The number of nitrogens with one attached hydrogen (secondary N) is 2. The molecule has 2 atom stereocenters. The van der Waals surface area contributed by atoms with Crippen molar-refractivity contribution in [3.63, 3.8) is 0 Å². The molecule has 0 saturated carbocycles. The lowest BCUT2D eigenvalue weighted by atomic mass is 10.2. The van der Waals surface area contributed by atoms with Crippen LogP contribution in [-0.4, -0.2) is 54.3 Å². The van der Waals surface area contributed by atoms with Gasteiger partial charge in [0.15, 0.2) is 0 Å². The molecule has 2 aromatic heterocycles. The van der Waals surface area contributed by atoms with E-state index in [1.54, 1.807) is 6.20 Å². The molecule has 0 saturated heterocycles. The summed E-state index contributed by atoms with van der Waals surface area (Å²) in [4.78, 5) is 10.5. The second-order valence-electron chi connectivity index (χ2n) is 4.14. The largest absolute Gasteiger partial charge is 0.492 e. The summed E-state index contributed by atoms with van der Waals surface area (Å²) in [5, 5.41) is 39.9. The van der Waals surface area contributed by atoms with Crippen molar-refractivity contribution in [1.82, 2.24) is 20.3 Å². The van der Waals surface area contributed by atoms with Crippen LogP contribution >= 0.6 is 0 Å². The summed E-state index contributed by atoms with van der Waals surface area (Å²) in [6.07, 6.45) is 0.777. The van der Waals surface area contributed by atoms with Crippen molar-refractivity contribution in [2.75, 3.05) is 6.61 Å². The van der Waals surface area contributed by atoms with Gasteiger partial charge in [0, 0.05) is 31.3 Å². The summed E-state index contributed by atoms with van der Waals surface area (Å²) >= 11 is 0. The van der Waals surface area contributed by atoms with E-state index in [0.717, 1.165) is 5.56 Å². The first-order chi connectivity index (χ1) is 9.13. The Bertz CT molecular complexity index is 544. The molecule has 0 aliphatic carbocycles. The molecule has 19 heavy (non-hydrogen) atoms. The SMILES string of the molecule is OCCC(O)C(O)NCc1c[nH]c2c(O)ncnc12. The van der Waals surface area contributed by atoms with E-state index in [-0.39, 0.29) is 25.5 Å². The van der Waals surface area contributed by atoms with Crippen molar-refractivity contribution in [2.45, 2.75) is 25.3 Å². The first-order valence-electron chi connectivity index (χ1n) is 5.83. The highest BCUT2D eigenvalue weighted by atomic mass is 16.3. The number of nitrogens with zero attached hydrogens (tertiary/aromatic N) is 2. The molecular formula is C11H16N4O4. The van der Waals surface area contributed by atoms with Gasteiger partial charge in [-0.25, -0.2) is 9.97 Å². The lowest BCUT2D eigenvalue weighted by Crippen LogP contribution is -2.39. The van der Waals surface area contributed by atoms with Gasteiger partial charge < -0.3 is 25.4 Å². The van der Waals surface area contributed by atoms with E-state index < -0.39 is 12.3 Å². The van der Waals surface area contributed by atoms with Gasteiger partial charge in [-0.05, 0) is 0 Å². The summed E-state index contributed by atoms with van der Waals surface area (Å²) in [6.45, 7) is 0.0498. The Morgan fingerprint density at radius 1 is 1.32 bits per heavy atom. The minimum atomic E-state index is -1.15. The number of aromatic amines is 1. The Morgan fingerprint density at radius 3 is 2.84 bits per heavy atom. The molecule has 6 N–H and O–H groups in total. The zero-order valence-corrected chi connectivity index (χ0v) is 10.1. The summed E-state index contributed by atoms with van der Waals surface area (Å²) in [5.74, 6) is -0.142. The third-order valence-corrected chi connectivity index (χ3v) is 2.81. The molecule has 2 rings (SSSR count). The van der Waals surface area contributed by atoms with E-state index >= 15 is 0 Å². The number of rotatable bonds is 6. The Labute approximate surface area is 108 Å². The molecule has 2 aromatic rings. The number of fused-ring (bicyclic) bond motifs is 1. The van der Waals surface area contributed by atoms with Gasteiger partial charge in [-0.15, -0.1) is 0 Å². The van der Waals surface area contributed by atoms with Crippen molar-refractivity contribution in [3.05, 3.63) is 18.1 Å². The number of H-pyrrole nitrogens is 1. The molecule has 0 aliphatic rings. The van der Waals surface area contributed by atoms with Crippen LogP contribution < -0.4 is 5.32 Å². The molecule has 0 aromatic carbocycles. The van der Waals surface area contributed by atoms with Gasteiger partial charge in [-0.1, -0.05) is 0 Å². The van der Waals surface area contributed by atoms with Crippen LogP contribution in [0.4, 0.5) is 0 Å². The Kier molecular flexibility index (Phi) is 4.27. The predicted molar refractivity (Wildman–Crippen MR) is 66.1 cm³/mol. The van der Waals surface area contributed by atoms with Gasteiger partial charge in [-0.3, -0.25) is 5.32 Å². The number of aromatic nitrogens is 3. The number of aromatic hydroxyl groups is 1. The molecule has 0 aliphatic heterocycles. The van der Waals surface area contributed by atoms with Gasteiger partial charge in [-0.2, -0.15) is 0 Å². The van der Waals surface area contributed by atoms with Crippen LogP contribution in [0.1, 0.15) is 12.0 Å². The summed E-state index contributed by atoms with van der Waals surface area (Å²) in [5.41, 5.74) is 1.69. The highest BCUT2D eigenvalue weighted by Crippen LogP contribution is 2.21. The van der Waals surface area contributed by atoms with Crippen LogP contribution in [0.5, 0.6) is 5.88 Å². The van der Waals surface area contributed by atoms with Gasteiger partial charge in [0.2, 0.25) is 5.88 Å². The third-order valence-electron chi connectivity index (χ3n) is 2.81. The molecule has 0 bridgehead atoms. The van der Waals surface area contributed by atoms with E-state index in [1.165, 1.54) is 6.33 Å². The fraction of sp³-hybridized carbons (Fsp3) is 0.455. The molecule has 0 radical (unpaired) electrons. The Morgan fingerprint density at radius 2 is 2.11 bits per heavy atom. The van der Waals surface area contributed by atoms with E-state index in [4.69, 9.17) is 5.11 Å². The summed E-state index contributed by atoms with van der Waals surface area (Å²) in [7, 11) is 0. The minimum Gasteiger partial charge on any atom is -0.492 e. The van der Waals surface area contributed by atoms with E-state index in [1.807, 2.05) is 0 Å². The predicted octanol–water partition coefficient (Wildman–Crippen LogP) is -1.19. The molecule has 2 unspecified atom stereocenters. The smallest absolute Gasteiger partial charge is 0.239 e. The molecule has 0 fully saturated rings. The lowest BCUT2D eigenvalue weighted by molar-refractivity contribution is -0.0146. The van der Waals surface area contributed by atoms with Gasteiger partial charge in [0.25, 0.3) is 0 Å². The average molecular weight is 268 g/mol. The quantitative estimate of drug-likeness (QED) is 0.363. The molecule has 0 amide bonds. The molecular weight excluding hydrogens is 252 g/mol. The van der Waals surface area contributed by atoms with Gasteiger partial charge >= 0.3 is 0 Å². The maximum Gasteiger partial charge on any atom is 0.239 e. The van der Waals surface area contributed by atoms with Crippen LogP contribution in [0.2, 0.25) is 0 Å². The number of aliphatic hydroxyl groups is 3. The van der Waals surface area contributed by atoms with Crippen molar-refractivity contribution < 1.29 is 20.4 Å². The van der Waals surface area contributed by atoms with Crippen molar-refractivity contribution in [2.24, 2.45) is 0 Å². The second-order valence-corrected chi connectivity index (χ2v) is 4.14. The van der Waals surface area contributed by atoms with Gasteiger partial charge in [0.05, 0.1) is 11.6 Å². The fourth-order valence-electron chi connectivity index (χ4n) is 1.76. The Balaban J connectivity index is 2.04. The van der Waals surface area contributed by atoms with Crippen LogP contribution in [0.15, 0.2) is 12.5 Å². The van der Waals surface area contributed by atoms with Crippen molar-refractivity contribution in [1.29, 1.82) is 0 Å². The van der Waals surface area contributed by atoms with E-state index in [9.17, 15) is 15.3 Å². The molecule has 2 heterocycles. The first kappa shape index (κ1) is 13.7. The maximum absolute atomic E-state index is 9.61. The van der Waals surface area contributed by atoms with Crippen molar-refractivity contribution >= 4 is 11.0 Å². The third kappa shape index (κ3) is 2.99. The average Bonchev–Trinajstić information content (AvgIpc) is 2.81. The van der Waals surface area contributed by atoms with Crippen LogP contribution in [0.25, 0.3) is 11.0 Å². The molecule has 8 heteroatoms. The normalized spacial score (nSPS) is 14.7. The molecule has 0 spiro atoms. The number of hydrogen-bond acceptors (Lipinski definition) is 7. The zero-order valence-electron chi connectivity index (χ0n) is 10.1. The fourth-order valence-corrected chi connectivity index (χ4v) is 1.76. The van der Waals surface area contributed by atoms with Crippen LogP contribution in [0.3, 0.4) is 0 Å². The number of aliphatic hydroxyl groups excluding tert-OH is 3. The van der Waals surface area contributed by atoms with E-state index in [2.05, 4.69) is 20.3 Å². The molecule has 8 nitrogen and oxygen atoms in total.